The third kappa shape index (κ3) is 2.79. The second kappa shape index (κ2) is 6.63. The fourth-order valence-corrected chi connectivity index (χ4v) is 3.47. The summed E-state index contributed by atoms with van der Waals surface area (Å²) in [7, 11) is 0. The zero-order chi connectivity index (χ0) is 17.1. The molecular formula is C24H17N. The fraction of sp³-hybridized carbons (Fsp3) is 0.0417. The molecule has 118 valence electrons. The van der Waals surface area contributed by atoms with Gasteiger partial charge in [-0.25, -0.2) is 0 Å². The number of fused-ring (bicyclic) bond motifs is 1. The van der Waals surface area contributed by atoms with Crippen molar-refractivity contribution in [2.45, 2.75) is 6.42 Å². The molecule has 0 saturated heterocycles. The van der Waals surface area contributed by atoms with E-state index in [1.165, 1.54) is 21.9 Å². The summed E-state index contributed by atoms with van der Waals surface area (Å²) < 4.78 is 0. The summed E-state index contributed by atoms with van der Waals surface area (Å²) in [5, 5.41) is 11.8. The summed E-state index contributed by atoms with van der Waals surface area (Å²) in [6.45, 7) is 0. The maximum absolute atomic E-state index is 9.37. The molecule has 0 unspecified atom stereocenters. The Balaban J connectivity index is 2.17. The van der Waals surface area contributed by atoms with Gasteiger partial charge in [-0.2, -0.15) is 5.26 Å². The van der Waals surface area contributed by atoms with Crippen molar-refractivity contribution in [2.75, 3.05) is 0 Å². The van der Waals surface area contributed by atoms with E-state index in [2.05, 4.69) is 84.9 Å². The van der Waals surface area contributed by atoms with Crippen molar-refractivity contribution >= 4 is 10.8 Å². The number of nitriles is 1. The molecule has 4 aromatic rings. The molecule has 0 saturated carbocycles. The summed E-state index contributed by atoms with van der Waals surface area (Å²) in [6.07, 6.45) is 0.398. The minimum absolute atomic E-state index is 0.398. The molecule has 4 aromatic carbocycles. The minimum atomic E-state index is 0.398. The summed E-state index contributed by atoms with van der Waals surface area (Å²) in [5.74, 6) is 0. The van der Waals surface area contributed by atoms with Gasteiger partial charge in [-0.1, -0.05) is 84.9 Å². The highest BCUT2D eigenvalue weighted by molar-refractivity contribution is 6.05. The van der Waals surface area contributed by atoms with E-state index in [4.69, 9.17) is 0 Å². The quantitative estimate of drug-likeness (QED) is 0.438. The molecule has 0 bridgehead atoms. The number of nitrogens with zero attached hydrogens (tertiary/aromatic N) is 1. The molecule has 0 atom stereocenters. The van der Waals surface area contributed by atoms with Gasteiger partial charge in [0.15, 0.2) is 0 Å². The number of hydrogen-bond acceptors (Lipinski definition) is 1. The molecule has 0 aliphatic rings. The number of benzene rings is 4. The summed E-state index contributed by atoms with van der Waals surface area (Å²) in [4.78, 5) is 0. The van der Waals surface area contributed by atoms with Gasteiger partial charge in [0.25, 0.3) is 0 Å². The molecule has 1 heteroatoms. The Morgan fingerprint density at radius 3 is 1.84 bits per heavy atom. The molecule has 0 radical (unpaired) electrons. The van der Waals surface area contributed by atoms with Crippen LogP contribution in [0.15, 0.2) is 91.0 Å². The van der Waals surface area contributed by atoms with Gasteiger partial charge in [0.2, 0.25) is 0 Å². The van der Waals surface area contributed by atoms with Gasteiger partial charge in [0.05, 0.1) is 12.5 Å². The van der Waals surface area contributed by atoms with Crippen LogP contribution in [0, 0.1) is 11.3 Å². The molecule has 1 nitrogen and oxygen atoms in total. The fourth-order valence-electron chi connectivity index (χ4n) is 3.47. The maximum atomic E-state index is 9.37. The molecule has 0 aromatic heterocycles. The van der Waals surface area contributed by atoms with Gasteiger partial charge in [-0.15, -0.1) is 0 Å². The van der Waals surface area contributed by atoms with E-state index in [1.54, 1.807) is 0 Å². The highest BCUT2D eigenvalue weighted by Crippen LogP contribution is 2.40. The van der Waals surface area contributed by atoms with E-state index in [-0.39, 0.29) is 0 Å². The van der Waals surface area contributed by atoms with Crippen LogP contribution in [0.3, 0.4) is 0 Å². The number of hydrogen-bond donors (Lipinski definition) is 0. The molecule has 0 spiro atoms. The predicted octanol–water partition coefficient (Wildman–Crippen LogP) is 6.24. The van der Waals surface area contributed by atoms with Gasteiger partial charge in [0, 0.05) is 0 Å². The van der Waals surface area contributed by atoms with E-state index >= 15 is 0 Å². The van der Waals surface area contributed by atoms with Gasteiger partial charge in [-0.3, -0.25) is 0 Å². The zero-order valence-electron chi connectivity index (χ0n) is 13.8. The zero-order valence-corrected chi connectivity index (χ0v) is 13.8. The summed E-state index contributed by atoms with van der Waals surface area (Å²) in [5.41, 5.74) is 5.77. The first-order valence-electron chi connectivity index (χ1n) is 8.41. The van der Waals surface area contributed by atoms with Crippen molar-refractivity contribution in [2.24, 2.45) is 0 Å². The van der Waals surface area contributed by atoms with E-state index in [1.807, 2.05) is 12.1 Å². The topological polar surface area (TPSA) is 23.8 Å². The largest absolute Gasteiger partial charge is 0.198 e. The Morgan fingerprint density at radius 1 is 0.640 bits per heavy atom. The molecule has 4 rings (SSSR count). The average Bonchev–Trinajstić information content (AvgIpc) is 2.68. The van der Waals surface area contributed by atoms with Gasteiger partial charge in [0.1, 0.15) is 0 Å². The van der Waals surface area contributed by atoms with Crippen LogP contribution in [0.4, 0.5) is 0 Å². The first kappa shape index (κ1) is 15.2. The highest BCUT2D eigenvalue weighted by Gasteiger charge is 2.16. The van der Waals surface area contributed by atoms with Crippen LogP contribution in [0.2, 0.25) is 0 Å². The average molecular weight is 319 g/mol. The van der Waals surface area contributed by atoms with E-state index < -0.39 is 0 Å². The van der Waals surface area contributed by atoms with Crippen molar-refractivity contribution in [3.8, 4) is 28.3 Å². The molecule has 0 amide bonds. The van der Waals surface area contributed by atoms with Crippen LogP contribution >= 0.6 is 0 Å². The van der Waals surface area contributed by atoms with Crippen molar-refractivity contribution in [3.05, 3.63) is 96.6 Å². The smallest absolute Gasteiger partial charge is 0.0669 e. The lowest BCUT2D eigenvalue weighted by Crippen LogP contribution is -1.95. The van der Waals surface area contributed by atoms with Crippen molar-refractivity contribution in [1.82, 2.24) is 0 Å². The lowest BCUT2D eigenvalue weighted by molar-refractivity contribution is 1.27. The molecule has 0 aliphatic carbocycles. The molecule has 25 heavy (non-hydrogen) atoms. The first-order valence-corrected chi connectivity index (χ1v) is 8.41. The van der Waals surface area contributed by atoms with Crippen LogP contribution in [0.25, 0.3) is 33.0 Å². The second-order valence-electron chi connectivity index (χ2n) is 6.07. The first-order chi connectivity index (χ1) is 12.4. The highest BCUT2D eigenvalue weighted by atomic mass is 14.2. The Morgan fingerprint density at radius 2 is 1.20 bits per heavy atom. The summed E-state index contributed by atoms with van der Waals surface area (Å²) >= 11 is 0. The van der Waals surface area contributed by atoms with E-state index in [0.717, 1.165) is 16.7 Å². The Kier molecular flexibility index (Phi) is 4.02. The van der Waals surface area contributed by atoms with Crippen LogP contribution in [-0.4, -0.2) is 0 Å². The van der Waals surface area contributed by atoms with Crippen molar-refractivity contribution in [3.63, 3.8) is 0 Å². The molecule has 0 fully saturated rings. The van der Waals surface area contributed by atoms with Crippen LogP contribution in [0.1, 0.15) is 5.56 Å². The second-order valence-corrected chi connectivity index (χ2v) is 6.07. The van der Waals surface area contributed by atoms with E-state index in [0.29, 0.717) is 6.42 Å². The van der Waals surface area contributed by atoms with E-state index in [9.17, 15) is 5.26 Å². The standard InChI is InChI=1S/C24H17N/c25-16-15-21-17-20-13-7-8-14-22(20)24(19-11-5-2-6-12-19)23(21)18-9-3-1-4-10-18/h1-14,17H,15H2. The molecule has 0 heterocycles. The van der Waals surface area contributed by atoms with Gasteiger partial charge in [-0.05, 0) is 44.7 Å². The molecule has 0 aliphatic heterocycles. The third-order valence-corrected chi connectivity index (χ3v) is 4.53. The van der Waals surface area contributed by atoms with Crippen LogP contribution in [0.5, 0.6) is 0 Å². The Labute approximate surface area is 147 Å². The third-order valence-electron chi connectivity index (χ3n) is 4.53. The monoisotopic (exact) mass is 319 g/mol. The van der Waals surface area contributed by atoms with Crippen molar-refractivity contribution < 1.29 is 0 Å². The minimum Gasteiger partial charge on any atom is -0.198 e. The lowest BCUT2D eigenvalue weighted by Gasteiger charge is -2.18. The maximum Gasteiger partial charge on any atom is 0.0669 e. The van der Waals surface area contributed by atoms with Crippen LogP contribution in [-0.2, 0) is 6.42 Å². The van der Waals surface area contributed by atoms with Gasteiger partial charge < -0.3 is 0 Å². The Bertz CT molecular complexity index is 1060. The predicted molar refractivity (Wildman–Crippen MR) is 104 cm³/mol. The SMILES string of the molecule is N#CCc1cc2ccccc2c(-c2ccccc2)c1-c1ccccc1. The summed E-state index contributed by atoms with van der Waals surface area (Å²) in [6, 6.07) is 33.7. The Hall–Kier alpha value is -3.37. The number of rotatable bonds is 3. The normalized spacial score (nSPS) is 10.5. The lowest BCUT2D eigenvalue weighted by atomic mass is 9.85. The molecule has 0 N–H and O–H groups in total. The van der Waals surface area contributed by atoms with Crippen LogP contribution < -0.4 is 0 Å². The van der Waals surface area contributed by atoms with Gasteiger partial charge >= 0.3 is 0 Å². The molecular weight excluding hydrogens is 302 g/mol. The van der Waals surface area contributed by atoms with Crippen molar-refractivity contribution in [1.29, 1.82) is 5.26 Å².